The Kier molecular flexibility index (Phi) is 5.58. The summed E-state index contributed by atoms with van der Waals surface area (Å²) < 4.78 is 5.19. The maximum absolute atomic E-state index is 9.65. The number of ether oxygens (including phenoxy) is 1. The molecule has 0 saturated heterocycles. The molecule has 0 spiro atoms. The minimum Gasteiger partial charge on any atom is -0.393 e. The van der Waals surface area contributed by atoms with Gasteiger partial charge in [-0.2, -0.15) is 0 Å². The molecule has 0 aromatic carbocycles. The molecule has 1 aliphatic rings. The van der Waals surface area contributed by atoms with Gasteiger partial charge in [-0.1, -0.05) is 13.8 Å². The molecule has 2 unspecified atom stereocenters. The van der Waals surface area contributed by atoms with E-state index in [1.54, 1.807) is 7.11 Å². The van der Waals surface area contributed by atoms with E-state index in [9.17, 15) is 5.11 Å². The van der Waals surface area contributed by atoms with Gasteiger partial charge in [0.2, 0.25) is 0 Å². The predicted molar refractivity (Wildman–Crippen MR) is 61.9 cm³/mol. The van der Waals surface area contributed by atoms with Crippen molar-refractivity contribution in [3.05, 3.63) is 0 Å². The Hall–Kier alpha value is -0.120. The second-order valence-corrected chi connectivity index (χ2v) is 4.95. The van der Waals surface area contributed by atoms with E-state index in [0.717, 1.165) is 25.5 Å². The highest BCUT2D eigenvalue weighted by Gasteiger charge is 2.30. The van der Waals surface area contributed by atoms with Gasteiger partial charge >= 0.3 is 0 Å². The van der Waals surface area contributed by atoms with Crippen molar-refractivity contribution in [2.45, 2.75) is 45.3 Å². The van der Waals surface area contributed by atoms with Gasteiger partial charge in [0.25, 0.3) is 0 Å². The summed E-state index contributed by atoms with van der Waals surface area (Å²) in [6.45, 7) is 5.79. The zero-order valence-electron chi connectivity index (χ0n) is 10.2. The quantitative estimate of drug-likeness (QED) is 0.643. The Balaban J connectivity index is 2.10. The highest BCUT2D eigenvalue weighted by atomic mass is 16.5. The molecule has 1 rings (SSSR count). The van der Waals surface area contributed by atoms with E-state index in [4.69, 9.17) is 4.74 Å². The third kappa shape index (κ3) is 4.96. The highest BCUT2D eigenvalue weighted by Crippen LogP contribution is 2.32. The lowest BCUT2D eigenvalue weighted by Gasteiger charge is -2.19. The summed E-state index contributed by atoms with van der Waals surface area (Å²) >= 11 is 0. The molecule has 0 aliphatic heterocycles. The fraction of sp³-hybridized carbons (Fsp3) is 1.00. The number of rotatable bonds is 8. The van der Waals surface area contributed by atoms with Gasteiger partial charge in [-0.25, -0.2) is 0 Å². The van der Waals surface area contributed by atoms with E-state index in [1.165, 1.54) is 12.8 Å². The Bertz CT molecular complexity index is 169. The van der Waals surface area contributed by atoms with Gasteiger partial charge in [0.15, 0.2) is 0 Å². The molecule has 2 N–H and O–H groups in total. The van der Waals surface area contributed by atoms with E-state index in [-0.39, 0.29) is 6.10 Å². The molecule has 0 amide bonds. The van der Waals surface area contributed by atoms with Crippen LogP contribution in [0, 0.1) is 11.8 Å². The van der Waals surface area contributed by atoms with Gasteiger partial charge in [0, 0.05) is 13.2 Å². The highest BCUT2D eigenvalue weighted by molar-refractivity contribution is 4.86. The normalized spacial score (nSPS) is 20.6. The first kappa shape index (κ1) is 12.9. The smallest absolute Gasteiger partial charge is 0.0618 e. The lowest BCUT2D eigenvalue weighted by molar-refractivity contribution is 0.110. The van der Waals surface area contributed by atoms with Crippen LogP contribution < -0.4 is 5.32 Å². The van der Waals surface area contributed by atoms with E-state index < -0.39 is 0 Å². The number of hydrogen-bond acceptors (Lipinski definition) is 3. The Morgan fingerprint density at radius 3 is 2.53 bits per heavy atom. The lowest BCUT2D eigenvalue weighted by atomic mass is 10.0. The molecule has 0 radical (unpaired) electrons. The average Bonchev–Trinajstić information content (AvgIpc) is 2.99. The maximum atomic E-state index is 9.65. The zero-order valence-corrected chi connectivity index (χ0v) is 10.2. The van der Waals surface area contributed by atoms with Gasteiger partial charge in [-0.05, 0) is 37.6 Å². The molecule has 0 bridgehead atoms. The van der Waals surface area contributed by atoms with Gasteiger partial charge in [-0.3, -0.25) is 0 Å². The van der Waals surface area contributed by atoms with Crippen molar-refractivity contribution in [3.8, 4) is 0 Å². The molecule has 3 nitrogen and oxygen atoms in total. The lowest BCUT2D eigenvalue weighted by Crippen LogP contribution is -2.37. The van der Waals surface area contributed by atoms with Crippen LogP contribution in [0.15, 0.2) is 0 Å². The summed E-state index contributed by atoms with van der Waals surface area (Å²) in [5.74, 6) is 1.16. The van der Waals surface area contributed by atoms with E-state index in [2.05, 4.69) is 19.2 Å². The minimum absolute atomic E-state index is 0.181. The molecule has 1 aliphatic carbocycles. The monoisotopic (exact) mass is 215 g/mol. The predicted octanol–water partition coefficient (Wildman–Crippen LogP) is 1.41. The summed E-state index contributed by atoms with van der Waals surface area (Å²) in [5.41, 5.74) is 0. The molecular weight excluding hydrogens is 190 g/mol. The number of methoxy groups -OCH3 is 1. The summed E-state index contributed by atoms with van der Waals surface area (Å²) in [6, 6.07) is 0.495. The zero-order chi connectivity index (χ0) is 11.3. The standard InChI is InChI=1S/C12H25NO2/c1-9(2)12(14)6-7-13-11(8-15-3)10-4-5-10/h9-14H,4-8H2,1-3H3. The number of aliphatic hydroxyl groups excluding tert-OH is 1. The molecule has 0 aromatic heterocycles. The molecular formula is C12H25NO2. The van der Waals surface area contributed by atoms with Crippen LogP contribution in [0.3, 0.4) is 0 Å². The van der Waals surface area contributed by atoms with Crippen molar-refractivity contribution in [3.63, 3.8) is 0 Å². The first-order valence-electron chi connectivity index (χ1n) is 6.05. The number of nitrogens with one attached hydrogen (secondary N) is 1. The maximum Gasteiger partial charge on any atom is 0.0618 e. The van der Waals surface area contributed by atoms with Crippen molar-refractivity contribution in [2.24, 2.45) is 11.8 Å². The molecule has 3 heteroatoms. The van der Waals surface area contributed by atoms with Crippen LogP contribution in [0.25, 0.3) is 0 Å². The minimum atomic E-state index is -0.181. The number of aliphatic hydroxyl groups is 1. The molecule has 90 valence electrons. The van der Waals surface area contributed by atoms with Crippen molar-refractivity contribution in [1.29, 1.82) is 0 Å². The average molecular weight is 215 g/mol. The summed E-state index contributed by atoms with van der Waals surface area (Å²) in [6.07, 6.45) is 3.31. The molecule has 0 heterocycles. The van der Waals surface area contributed by atoms with Gasteiger partial charge in [-0.15, -0.1) is 0 Å². The molecule has 0 aromatic rings. The van der Waals surface area contributed by atoms with Gasteiger partial charge in [0.1, 0.15) is 0 Å². The van der Waals surface area contributed by atoms with Crippen molar-refractivity contribution in [1.82, 2.24) is 5.32 Å². The SMILES string of the molecule is COCC(NCCC(O)C(C)C)C1CC1. The van der Waals surface area contributed by atoms with Crippen LogP contribution in [0.1, 0.15) is 33.1 Å². The van der Waals surface area contributed by atoms with E-state index in [0.29, 0.717) is 12.0 Å². The second kappa shape index (κ2) is 6.46. The Morgan fingerprint density at radius 2 is 2.07 bits per heavy atom. The van der Waals surface area contributed by atoms with Gasteiger partial charge in [0.05, 0.1) is 12.7 Å². The molecule has 2 atom stereocenters. The molecule has 1 fully saturated rings. The van der Waals surface area contributed by atoms with E-state index in [1.807, 2.05) is 0 Å². The first-order chi connectivity index (χ1) is 7.15. The number of hydrogen-bond donors (Lipinski definition) is 2. The van der Waals surface area contributed by atoms with Crippen molar-refractivity contribution >= 4 is 0 Å². The largest absolute Gasteiger partial charge is 0.393 e. The summed E-state index contributed by atoms with van der Waals surface area (Å²) in [4.78, 5) is 0. The van der Waals surface area contributed by atoms with Crippen LogP contribution in [0.2, 0.25) is 0 Å². The van der Waals surface area contributed by atoms with Crippen molar-refractivity contribution in [2.75, 3.05) is 20.3 Å². The van der Waals surface area contributed by atoms with Crippen LogP contribution in [0.5, 0.6) is 0 Å². The summed E-state index contributed by atoms with van der Waals surface area (Å²) in [5, 5.41) is 13.1. The third-order valence-corrected chi connectivity index (χ3v) is 3.15. The Morgan fingerprint density at radius 1 is 1.40 bits per heavy atom. The Labute approximate surface area is 93.2 Å². The second-order valence-electron chi connectivity index (χ2n) is 4.95. The fourth-order valence-electron chi connectivity index (χ4n) is 1.79. The van der Waals surface area contributed by atoms with Crippen LogP contribution >= 0.6 is 0 Å². The van der Waals surface area contributed by atoms with E-state index >= 15 is 0 Å². The topological polar surface area (TPSA) is 41.5 Å². The van der Waals surface area contributed by atoms with Crippen molar-refractivity contribution < 1.29 is 9.84 Å². The van der Waals surface area contributed by atoms with Crippen LogP contribution in [-0.4, -0.2) is 37.5 Å². The van der Waals surface area contributed by atoms with Crippen LogP contribution in [0.4, 0.5) is 0 Å². The van der Waals surface area contributed by atoms with Gasteiger partial charge < -0.3 is 15.2 Å². The summed E-state index contributed by atoms with van der Waals surface area (Å²) in [7, 11) is 1.75. The molecule has 15 heavy (non-hydrogen) atoms. The molecule has 1 saturated carbocycles. The first-order valence-corrected chi connectivity index (χ1v) is 6.05. The van der Waals surface area contributed by atoms with Crippen LogP contribution in [-0.2, 0) is 4.74 Å². The third-order valence-electron chi connectivity index (χ3n) is 3.15. The fourth-order valence-corrected chi connectivity index (χ4v) is 1.79.